The number of nitrogens with zero attached hydrogens (tertiary/aromatic N) is 1. The van der Waals surface area contributed by atoms with Crippen molar-refractivity contribution in [1.82, 2.24) is 9.88 Å². The van der Waals surface area contributed by atoms with Crippen molar-refractivity contribution in [3.8, 4) is 0 Å². The van der Waals surface area contributed by atoms with Gasteiger partial charge in [0.15, 0.2) is 0 Å². The fraction of sp³-hybridized carbons (Fsp3) is 0.529. The molecule has 0 bridgehead atoms. The second-order valence-corrected chi connectivity index (χ2v) is 5.87. The van der Waals surface area contributed by atoms with Gasteiger partial charge in [0.2, 0.25) is 0 Å². The summed E-state index contributed by atoms with van der Waals surface area (Å²) >= 11 is 0. The fourth-order valence-electron chi connectivity index (χ4n) is 3.06. The predicted molar refractivity (Wildman–Crippen MR) is 82.8 cm³/mol. The van der Waals surface area contributed by atoms with Gasteiger partial charge >= 0.3 is 0 Å². The Morgan fingerprint density at radius 1 is 1.30 bits per heavy atom. The molecule has 0 saturated carbocycles. The third-order valence-electron chi connectivity index (χ3n) is 4.23. The lowest BCUT2D eigenvalue weighted by molar-refractivity contribution is 0.00642. The SMILES string of the molecule is CN(CC[C@H]1CCCCO1)Cc1cccc2[nH]ccc12. The highest BCUT2D eigenvalue weighted by atomic mass is 16.5. The number of H-pyrrole nitrogens is 1. The number of aromatic amines is 1. The fourth-order valence-corrected chi connectivity index (χ4v) is 3.06. The van der Waals surface area contributed by atoms with E-state index in [1.807, 2.05) is 6.20 Å². The normalized spacial score (nSPS) is 19.8. The highest BCUT2D eigenvalue weighted by Gasteiger charge is 2.14. The zero-order chi connectivity index (χ0) is 13.8. The monoisotopic (exact) mass is 272 g/mol. The molecule has 2 heterocycles. The molecule has 1 fully saturated rings. The molecule has 2 aromatic rings. The minimum Gasteiger partial charge on any atom is -0.378 e. The van der Waals surface area contributed by atoms with E-state index in [4.69, 9.17) is 4.74 Å². The number of benzene rings is 1. The van der Waals surface area contributed by atoms with E-state index in [1.165, 1.54) is 35.7 Å². The molecular weight excluding hydrogens is 248 g/mol. The first kappa shape index (κ1) is 13.7. The second kappa shape index (κ2) is 6.42. The summed E-state index contributed by atoms with van der Waals surface area (Å²) in [6, 6.07) is 8.66. The van der Waals surface area contributed by atoms with Gasteiger partial charge in [0.1, 0.15) is 0 Å². The Hall–Kier alpha value is -1.32. The van der Waals surface area contributed by atoms with Crippen LogP contribution in [-0.2, 0) is 11.3 Å². The third kappa shape index (κ3) is 3.22. The van der Waals surface area contributed by atoms with Crippen LogP contribution in [0.3, 0.4) is 0 Å². The van der Waals surface area contributed by atoms with Gasteiger partial charge in [-0.3, -0.25) is 0 Å². The van der Waals surface area contributed by atoms with Crippen LogP contribution in [0, 0.1) is 0 Å². The number of fused-ring (bicyclic) bond motifs is 1. The molecule has 108 valence electrons. The van der Waals surface area contributed by atoms with E-state index >= 15 is 0 Å². The summed E-state index contributed by atoms with van der Waals surface area (Å²) in [5.74, 6) is 0. The van der Waals surface area contributed by atoms with Crippen LogP contribution in [0.5, 0.6) is 0 Å². The highest BCUT2D eigenvalue weighted by molar-refractivity contribution is 5.82. The summed E-state index contributed by atoms with van der Waals surface area (Å²) in [5, 5.41) is 1.34. The Labute approximate surface area is 120 Å². The quantitative estimate of drug-likeness (QED) is 0.901. The molecule has 20 heavy (non-hydrogen) atoms. The number of rotatable bonds is 5. The molecule has 1 aromatic heterocycles. The van der Waals surface area contributed by atoms with Crippen molar-refractivity contribution in [2.24, 2.45) is 0 Å². The number of hydrogen-bond acceptors (Lipinski definition) is 2. The summed E-state index contributed by atoms with van der Waals surface area (Å²) in [5.41, 5.74) is 2.63. The van der Waals surface area contributed by atoms with Crippen LogP contribution in [0.25, 0.3) is 10.9 Å². The molecule has 1 aromatic carbocycles. The molecule has 1 N–H and O–H groups in total. The topological polar surface area (TPSA) is 28.3 Å². The van der Waals surface area contributed by atoms with E-state index in [9.17, 15) is 0 Å². The molecule has 1 aliphatic rings. The average molecular weight is 272 g/mol. The third-order valence-corrected chi connectivity index (χ3v) is 4.23. The molecule has 3 heteroatoms. The molecule has 0 aliphatic carbocycles. The summed E-state index contributed by atoms with van der Waals surface area (Å²) in [7, 11) is 2.20. The molecular formula is C17H24N2O. The van der Waals surface area contributed by atoms with Crippen molar-refractivity contribution in [2.45, 2.75) is 38.3 Å². The molecule has 3 nitrogen and oxygen atoms in total. The van der Waals surface area contributed by atoms with E-state index in [0.29, 0.717) is 6.10 Å². The van der Waals surface area contributed by atoms with Crippen LogP contribution in [0.15, 0.2) is 30.5 Å². The number of hydrogen-bond donors (Lipinski definition) is 1. The molecule has 0 spiro atoms. The molecule has 0 unspecified atom stereocenters. The lowest BCUT2D eigenvalue weighted by Crippen LogP contribution is -2.26. The second-order valence-electron chi connectivity index (χ2n) is 5.87. The van der Waals surface area contributed by atoms with Crippen LogP contribution < -0.4 is 0 Å². The lowest BCUT2D eigenvalue weighted by Gasteiger charge is -2.25. The van der Waals surface area contributed by atoms with Gasteiger partial charge in [-0.1, -0.05) is 12.1 Å². The number of ether oxygens (including phenoxy) is 1. The maximum Gasteiger partial charge on any atom is 0.0587 e. The standard InChI is InChI=1S/C17H24N2O/c1-19(11-9-15-6-2-3-12-20-15)13-14-5-4-7-17-16(14)8-10-18-17/h4-5,7-8,10,15,18H,2-3,6,9,11-13H2,1H3/t15-/m1/s1. The Morgan fingerprint density at radius 2 is 2.25 bits per heavy atom. The zero-order valence-electron chi connectivity index (χ0n) is 12.3. The van der Waals surface area contributed by atoms with Crippen molar-refractivity contribution >= 4 is 10.9 Å². The van der Waals surface area contributed by atoms with E-state index in [1.54, 1.807) is 0 Å². The Morgan fingerprint density at radius 3 is 3.10 bits per heavy atom. The lowest BCUT2D eigenvalue weighted by atomic mass is 10.1. The van der Waals surface area contributed by atoms with Gasteiger partial charge in [0.25, 0.3) is 0 Å². The van der Waals surface area contributed by atoms with Crippen LogP contribution in [0.2, 0.25) is 0 Å². The Bertz CT molecular complexity index is 543. The highest BCUT2D eigenvalue weighted by Crippen LogP contribution is 2.20. The van der Waals surface area contributed by atoms with Crippen molar-refractivity contribution in [3.05, 3.63) is 36.0 Å². The van der Waals surface area contributed by atoms with E-state index in [2.05, 4.69) is 41.2 Å². The van der Waals surface area contributed by atoms with Crippen molar-refractivity contribution in [3.63, 3.8) is 0 Å². The van der Waals surface area contributed by atoms with Gasteiger partial charge < -0.3 is 14.6 Å². The van der Waals surface area contributed by atoms with Crippen LogP contribution in [-0.4, -0.2) is 36.2 Å². The van der Waals surface area contributed by atoms with Gasteiger partial charge in [-0.05, 0) is 50.4 Å². The number of nitrogens with one attached hydrogen (secondary N) is 1. The molecule has 0 radical (unpaired) electrons. The number of aromatic nitrogens is 1. The molecule has 3 rings (SSSR count). The van der Waals surface area contributed by atoms with Crippen LogP contribution in [0.1, 0.15) is 31.2 Å². The van der Waals surface area contributed by atoms with Gasteiger partial charge in [-0.25, -0.2) is 0 Å². The maximum absolute atomic E-state index is 5.80. The van der Waals surface area contributed by atoms with Crippen molar-refractivity contribution in [1.29, 1.82) is 0 Å². The Kier molecular flexibility index (Phi) is 4.38. The van der Waals surface area contributed by atoms with Gasteiger partial charge in [0, 0.05) is 36.8 Å². The van der Waals surface area contributed by atoms with Gasteiger partial charge in [0.05, 0.1) is 6.10 Å². The van der Waals surface area contributed by atoms with E-state index < -0.39 is 0 Å². The van der Waals surface area contributed by atoms with Crippen molar-refractivity contribution < 1.29 is 4.74 Å². The van der Waals surface area contributed by atoms with Gasteiger partial charge in [-0.15, -0.1) is 0 Å². The van der Waals surface area contributed by atoms with Crippen molar-refractivity contribution in [2.75, 3.05) is 20.2 Å². The van der Waals surface area contributed by atoms with Gasteiger partial charge in [-0.2, -0.15) is 0 Å². The van der Waals surface area contributed by atoms with Crippen LogP contribution in [0.4, 0.5) is 0 Å². The smallest absolute Gasteiger partial charge is 0.0587 e. The minimum absolute atomic E-state index is 0.481. The summed E-state index contributed by atoms with van der Waals surface area (Å²) in [6.07, 6.45) is 7.46. The summed E-state index contributed by atoms with van der Waals surface area (Å²) in [4.78, 5) is 5.68. The molecule has 0 amide bonds. The van der Waals surface area contributed by atoms with Crippen LogP contribution >= 0.6 is 0 Å². The maximum atomic E-state index is 5.80. The first-order chi connectivity index (χ1) is 9.83. The first-order valence-corrected chi connectivity index (χ1v) is 7.68. The minimum atomic E-state index is 0.481. The zero-order valence-corrected chi connectivity index (χ0v) is 12.3. The molecule has 1 saturated heterocycles. The molecule has 1 aliphatic heterocycles. The Balaban J connectivity index is 1.55. The largest absolute Gasteiger partial charge is 0.378 e. The summed E-state index contributed by atoms with van der Waals surface area (Å²) < 4.78 is 5.80. The predicted octanol–water partition coefficient (Wildman–Crippen LogP) is 3.56. The summed E-state index contributed by atoms with van der Waals surface area (Å²) in [6.45, 7) is 3.06. The van der Waals surface area contributed by atoms with E-state index in [-0.39, 0.29) is 0 Å². The van der Waals surface area contributed by atoms with E-state index in [0.717, 1.165) is 26.1 Å². The molecule has 1 atom stereocenters. The first-order valence-electron chi connectivity index (χ1n) is 7.68. The average Bonchev–Trinajstić information content (AvgIpc) is 2.96.